The average molecular weight is 325 g/mol. The largest absolute Gasteiger partial charge is 0.355 e. The van der Waals surface area contributed by atoms with E-state index in [1.807, 2.05) is 0 Å². The minimum absolute atomic E-state index is 0. The third-order valence-corrected chi connectivity index (χ3v) is 4.21. The van der Waals surface area contributed by atoms with Crippen molar-refractivity contribution in [1.82, 2.24) is 10.6 Å². The molecule has 1 fully saturated rings. The van der Waals surface area contributed by atoms with E-state index >= 15 is 0 Å². The van der Waals surface area contributed by atoms with Gasteiger partial charge in [-0.2, -0.15) is 0 Å². The third-order valence-electron chi connectivity index (χ3n) is 4.21. The number of benzene rings is 1. The molecule has 1 heterocycles. The topological polar surface area (TPSA) is 41.1 Å². The Kier molecular flexibility index (Phi) is 8.51. The molecule has 3 nitrogen and oxygen atoms in total. The Hall–Kier alpha value is -1.06. The molecular weight excluding hydrogens is 296 g/mol. The van der Waals surface area contributed by atoms with Gasteiger partial charge in [-0.1, -0.05) is 44.5 Å². The van der Waals surface area contributed by atoms with Crippen molar-refractivity contribution in [3.05, 3.63) is 35.4 Å². The van der Waals surface area contributed by atoms with E-state index in [0.717, 1.165) is 38.8 Å². The number of halogens is 1. The SMILES string of the molecule is CC(C)c1ccc(CCCNC(=O)C2CCCCN2)cc1.Cl. The molecule has 2 rings (SSSR count). The fourth-order valence-electron chi connectivity index (χ4n) is 2.77. The first-order valence-electron chi connectivity index (χ1n) is 8.27. The molecule has 0 radical (unpaired) electrons. The Labute approximate surface area is 140 Å². The van der Waals surface area contributed by atoms with Crippen molar-refractivity contribution in [1.29, 1.82) is 0 Å². The zero-order valence-corrected chi connectivity index (χ0v) is 14.5. The highest BCUT2D eigenvalue weighted by Crippen LogP contribution is 2.15. The number of piperidine rings is 1. The maximum atomic E-state index is 12.0. The van der Waals surface area contributed by atoms with E-state index in [2.05, 4.69) is 48.7 Å². The molecule has 1 amide bonds. The molecule has 0 aromatic heterocycles. The summed E-state index contributed by atoms with van der Waals surface area (Å²) in [7, 11) is 0. The summed E-state index contributed by atoms with van der Waals surface area (Å²) < 4.78 is 0. The number of carbonyl (C=O) groups excluding carboxylic acids is 1. The van der Waals surface area contributed by atoms with Gasteiger partial charge in [0.15, 0.2) is 0 Å². The van der Waals surface area contributed by atoms with Crippen molar-refractivity contribution in [2.24, 2.45) is 0 Å². The van der Waals surface area contributed by atoms with Crippen LogP contribution >= 0.6 is 12.4 Å². The van der Waals surface area contributed by atoms with Gasteiger partial charge in [0, 0.05) is 6.54 Å². The Morgan fingerprint density at radius 2 is 2.00 bits per heavy atom. The van der Waals surface area contributed by atoms with Gasteiger partial charge in [-0.3, -0.25) is 4.79 Å². The van der Waals surface area contributed by atoms with Crippen LogP contribution in [0.4, 0.5) is 0 Å². The van der Waals surface area contributed by atoms with Crippen LogP contribution in [0.15, 0.2) is 24.3 Å². The van der Waals surface area contributed by atoms with Crippen molar-refractivity contribution in [3.8, 4) is 0 Å². The van der Waals surface area contributed by atoms with Gasteiger partial charge in [-0.25, -0.2) is 0 Å². The minimum Gasteiger partial charge on any atom is -0.355 e. The van der Waals surface area contributed by atoms with Crippen LogP contribution in [0.1, 0.15) is 56.6 Å². The molecular formula is C18H29ClN2O. The molecule has 22 heavy (non-hydrogen) atoms. The summed E-state index contributed by atoms with van der Waals surface area (Å²) in [6.45, 7) is 6.16. The van der Waals surface area contributed by atoms with Gasteiger partial charge in [0.2, 0.25) is 5.91 Å². The second kappa shape index (κ2) is 9.86. The van der Waals surface area contributed by atoms with Crippen molar-refractivity contribution in [3.63, 3.8) is 0 Å². The summed E-state index contributed by atoms with van der Waals surface area (Å²) in [5.41, 5.74) is 2.74. The third kappa shape index (κ3) is 5.98. The summed E-state index contributed by atoms with van der Waals surface area (Å²) in [5, 5.41) is 6.33. The number of amides is 1. The smallest absolute Gasteiger partial charge is 0.237 e. The van der Waals surface area contributed by atoms with E-state index in [1.165, 1.54) is 17.5 Å². The second-order valence-electron chi connectivity index (χ2n) is 6.29. The summed E-state index contributed by atoms with van der Waals surface area (Å²) in [6.07, 6.45) is 5.35. The van der Waals surface area contributed by atoms with Crippen LogP contribution in [0.2, 0.25) is 0 Å². The number of nitrogens with one attached hydrogen (secondary N) is 2. The standard InChI is InChI=1S/C18H28N2O.ClH/c1-14(2)16-10-8-15(9-11-16)6-5-13-20-18(21)17-7-3-4-12-19-17;/h8-11,14,17,19H,3-7,12-13H2,1-2H3,(H,20,21);1H. The van der Waals surface area contributed by atoms with E-state index in [0.29, 0.717) is 5.92 Å². The molecule has 1 unspecified atom stereocenters. The number of hydrogen-bond donors (Lipinski definition) is 2. The Morgan fingerprint density at radius 1 is 1.27 bits per heavy atom. The summed E-state index contributed by atoms with van der Waals surface area (Å²) in [6, 6.07) is 8.87. The van der Waals surface area contributed by atoms with Crippen LogP contribution < -0.4 is 10.6 Å². The van der Waals surface area contributed by atoms with Gasteiger partial charge in [-0.15, -0.1) is 12.4 Å². The van der Waals surface area contributed by atoms with E-state index in [-0.39, 0.29) is 24.4 Å². The summed E-state index contributed by atoms with van der Waals surface area (Å²) >= 11 is 0. The predicted molar refractivity (Wildman–Crippen MR) is 94.8 cm³/mol. The first-order chi connectivity index (χ1) is 10.2. The summed E-state index contributed by atoms with van der Waals surface area (Å²) in [5.74, 6) is 0.756. The van der Waals surface area contributed by atoms with Gasteiger partial charge in [0.25, 0.3) is 0 Å². The van der Waals surface area contributed by atoms with E-state index < -0.39 is 0 Å². The Balaban J connectivity index is 0.00000242. The number of carbonyl (C=O) groups is 1. The first-order valence-corrected chi connectivity index (χ1v) is 8.27. The lowest BCUT2D eigenvalue weighted by molar-refractivity contribution is -0.123. The van der Waals surface area contributed by atoms with Gasteiger partial charge in [0.05, 0.1) is 6.04 Å². The molecule has 1 atom stereocenters. The van der Waals surface area contributed by atoms with E-state index in [1.54, 1.807) is 0 Å². The fraction of sp³-hybridized carbons (Fsp3) is 0.611. The molecule has 0 bridgehead atoms. The van der Waals surface area contributed by atoms with Gasteiger partial charge >= 0.3 is 0 Å². The monoisotopic (exact) mass is 324 g/mol. The first kappa shape index (κ1) is 19.0. The molecule has 4 heteroatoms. The molecule has 1 aliphatic rings. The zero-order valence-electron chi connectivity index (χ0n) is 13.7. The zero-order chi connectivity index (χ0) is 15.1. The number of hydrogen-bond acceptors (Lipinski definition) is 2. The fourth-order valence-corrected chi connectivity index (χ4v) is 2.77. The molecule has 1 aromatic carbocycles. The van der Waals surface area contributed by atoms with Crippen LogP contribution in [-0.2, 0) is 11.2 Å². The molecule has 0 aliphatic carbocycles. The van der Waals surface area contributed by atoms with Crippen molar-refractivity contribution >= 4 is 18.3 Å². The molecule has 124 valence electrons. The minimum atomic E-state index is 0. The van der Waals surface area contributed by atoms with Crippen LogP contribution in [-0.4, -0.2) is 25.0 Å². The molecule has 0 spiro atoms. The number of aryl methyl sites for hydroxylation is 1. The maximum absolute atomic E-state index is 12.0. The molecule has 0 saturated carbocycles. The summed E-state index contributed by atoms with van der Waals surface area (Å²) in [4.78, 5) is 12.0. The number of rotatable bonds is 6. The molecule has 1 aromatic rings. The van der Waals surface area contributed by atoms with E-state index in [9.17, 15) is 4.79 Å². The normalized spacial score (nSPS) is 17.9. The van der Waals surface area contributed by atoms with Crippen molar-refractivity contribution in [2.45, 2.75) is 57.9 Å². The van der Waals surface area contributed by atoms with Crippen molar-refractivity contribution < 1.29 is 4.79 Å². The molecule has 1 aliphatic heterocycles. The van der Waals surface area contributed by atoms with Crippen LogP contribution in [0.25, 0.3) is 0 Å². The van der Waals surface area contributed by atoms with Crippen LogP contribution in [0, 0.1) is 0 Å². The van der Waals surface area contributed by atoms with Gasteiger partial charge in [-0.05, 0) is 49.3 Å². The van der Waals surface area contributed by atoms with Gasteiger partial charge < -0.3 is 10.6 Å². The van der Waals surface area contributed by atoms with E-state index in [4.69, 9.17) is 0 Å². The Bertz CT molecular complexity index is 439. The highest BCUT2D eigenvalue weighted by atomic mass is 35.5. The lowest BCUT2D eigenvalue weighted by Gasteiger charge is -2.22. The quantitative estimate of drug-likeness (QED) is 0.787. The Morgan fingerprint density at radius 3 is 2.59 bits per heavy atom. The highest BCUT2D eigenvalue weighted by Gasteiger charge is 2.19. The molecule has 2 N–H and O–H groups in total. The second-order valence-corrected chi connectivity index (χ2v) is 6.29. The van der Waals surface area contributed by atoms with Crippen LogP contribution in [0.5, 0.6) is 0 Å². The average Bonchev–Trinajstić information content (AvgIpc) is 2.52. The lowest BCUT2D eigenvalue weighted by Crippen LogP contribution is -2.46. The van der Waals surface area contributed by atoms with Crippen LogP contribution in [0.3, 0.4) is 0 Å². The van der Waals surface area contributed by atoms with Crippen molar-refractivity contribution in [2.75, 3.05) is 13.1 Å². The van der Waals surface area contributed by atoms with Gasteiger partial charge in [0.1, 0.15) is 0 Å². The lowest BCUT2D eigenvalue weighted by atomic mass is 10.0. The highest BCUT2D eigenvalue weighted by molar-refractivity contribution is 5.85. The predicted octanol–water partition coefficient (Wildman–Crippen LogP) is 3.42. The molecule has 1 saturated heterocycles. The maximum Gasteiger partial charge on any atom is 0.237 e.